The topological polar surface area (TPSA) is 69.7 Å². The maximum Gasteiger partial charge on any atom is 0.251 e. The van der Waals surface area contributed by atoms with E-state index < -0.39 is 10.0 Å². The first-order valence-corrected chi connectivity index (χ1v) is 10.7. The minimum Gasteiger partial charge on any atom is -0.352 e. The van der Waals surface area contributed by atoms with Crippen molar-refractivity contribution in [1.82, 2.24) is 10.2 Å². The molecule has 0 unspecified atom stereocenters. The molecule has 0 aliphatic carbocycles. The van der Waals surface area contributed by atoms with Crippen LogP contribution >= 0.6 is 0 Å². The van der Waals surface area contributed by atoms with E-state index >= 15 is 0 Å². The fraction of sp³-hybridized carbons (Fsp3) is 0.611. The lowest BCUT2D eigenvalue weighted by Crippen LogP contribution is -2.32. The summed E-state index contributed by atoms with van der Waals surface area (Å²) in [5.74, 6) is 0.577. The number of nitrogens with zero attached hydrogens (tertiary/aromatic N) is 2. The second kappa shape index (κ2) is 8.67. The maximum absolute atomic E-state index is 12.2. The third-order valence-electron chi connectivity index (χ3n) is 4.78. The number of sulfonamides is 1. The monoisotopic (exact) mass is 367 g/mol. The van der Waals surface area contributed by atoms with Crippen LogP contribution in [-0.4, -0.2) is 58.7 Å². The SMILES string of the molecule is CCN(c1ccc(C(=O)NCCC2CCN(C)CC2)cc1)S(C)(=O)=O. The fourth-order valence-electron chi connectivity index (χ4n) is 3.23. The lowest BCUT2D eigenvalue weighted by Gasteiger charge is -2.28. The lowest BCUT2D eigenvalue weighted by atomic mass is 9.94. The zero-order valence-electron chi connectivity index (χ0n) is 15.4. The quantitative estimate of drug-likeness (QED) is 0.799. The number of likely N-dealkylation sites (tertiary alicyclic amines) is 1. The first-order valence-electron chi connectivity index (χ1n) is 8.85. The van der Waals surface area contributed by atoms with Crippen molar-refractivity contribution in [3.63, 3.8) is 0 Å². The van der Waals surface area contributed by atoms with Gasteiger partial charge in [-0.15, -0.1) is 0 Å². The third kappa shape index (κ3) is 5.71. The van der Waals surface area contributed by atoms with Crippen molar-refractivity contribution in [2.24, 2.45) is 5.92 Å². The number of nitrogens with one attached hydrogen (secondary N) is 1. The smallest absolute Gasteiger partial charge is 0.251 e. The molecule has 1 heterocycles. The van der Waals surface area contributed by atoms with E-state index in [1.165, 1.54) is 23.4 Å². The number of piperidine rings is 1. The van der Waals surface area contributed by atoms with E-state index in [4.69, 9.17) is 0 Å². The molecule has 1 aromatic carbocycles. The summed E-state index contributed by atoms with van der Waals surface area (Å²) in [6, 6.07) is 6.70. The van der Waals surface area contributed by atoms with E-state index in [2.05, 4.69) is 17.3 Å². The zero-order chi connectivity index (χ0) is 18.4. The van der Waals surface area contributed by atoms with E-state index in [1.807, 2.05) is 0 Å². The number of rotatable bonds is 7. The highest BCUT2D eigenvalue weighted by Gasteiger charge is 2.17. The third-order valence-corrected chi connectivity index (χ3v) is 6.05. The predicted octanol–water partition coefficient (Wildman–Crippen LogP) is 1.93. The highest BCUT2D eigenvalue weighted by atomic mass is 32.2. The van der Waals surface area contributed by atoms with Crippen LogP contribution in [0.1, 0.15) is 36.5 Å². The Labute approximate surface area is 151 Å². The molecule has 0 aromatic heterocycles. The van der Waals surface area contributed by atoms with E-state index in [9.17, 15) is 13.2 Å². The molecule has 1 amide bonds. The van der Waals surface area contributed by atoms with Gasteiger partial charge in [-0.1, -0.05) is 0 Å². The highest BCUT2D eigenvalue weighted by Crippen LogP contribution is 2.19. The number of amides is 1. The fourth-order valence-corrected chi connectivity index (χ4v) is 4.20. The molecule has 6 nitrogen and oxygen atoms in total. The Morgan fingerprint density at radius 1 is 1.24 bits per heavy atom. The standard InChI is InChI=1S/C18H29N3O3S/c1-4-21(25(3,23)24)17-7-5-16(6-8-17)18(22)19-12-9-15-10-13-20(2)14-11-15/h5-8,15H,4,9-14H2,1-3H3,(H,19,22). The Balaban J connectivity index is 1.86. The van der Waals surface area contributed by atoms with Gasteiger partial charge in [0.15, 0.2) is 0 Å². The minimum atomic E-state index is -3.30. The van der Waals surface area contributed by atoms with Crippen LogP contribution in [0.2, 0.25) is 0 Å². The van der Waals surface area contributed by atoms with Crippen LogP contribution in [0.4, 0.5) is 5.69 Å². The van der Waals surface area contributed by atoms with Gasteiger partial charge in [0.2, 0.25) is 10.0 Å². The molecule has 0 atom stereocenters. The largest absolute Gasteiger partial charge is 0.352 e. The van der Waals surface area contributed by atoms with Crippen LogP contribution < -0.4 is 9.62 Å². The Bertz CT molecular complexity index is 665. The summed E-state index contributed by atoms with van der Waals surface area (Å²) in [5, 5.41) is 2.97. The summed E-state index contributed by atoms with van der Waals surface area (Å²) in [6.45, 7) is 5.09. The number of carbonyl (C=O) groups excluding carboxylic acids is 1. The summed E-state index contributed by atoms with van der Waals surface area (Å²) in [5.41, 5.74) is 1.13. The van der Waals surface area contributed by atoms with Crippen molar-refractivity contribution < 1.29 is 13.2 Å². The summed E-state index contributed by atoms with van der Waals surface area (Å²) in [4.78, 5) is 14.6. The van der Waals surface area contributed by atoms with Crippen molar-refractivity contribution in [1.29, 1.82) is 0 Å². The van der Waals surface area contributed by atoms with Crippen LogP contribution in [-0.2, 0) is 10.0 Å². The normalized spacial score (nSPS) is 16.6. The molecule has 0 radical (unpaired) electrons. The highest BCUT2D eigenvalue weighted by molar-refractivity contribution is 7.92. The molecule has 0 saturated carbocycles. The van der Waals surface area contributed by atoms with Gasteiger partial charge in [0, 0.05) is 18.7 Å². The molecule has 0 bridgehead atoms. The zero-order valence-corrected chi connectivity index (χ0v) is 16.2. The molecular weight excluding hydrogens is 338 g/mol. The summed E-state index contributed by atoms with van der Waals surface area (Å²) in [7, 11) is -1.16. The minimum absolute atomic E-state index is 0.109. The Hall–Kier alpha value is -1.60. The van der Waals surface area contributed by atoms with Gasteiger partial charge in [-0.2, -0.15) is 0 Å². The van der Waals surface area contributed by atoms with E-state index in [-0.39, 0.29) is 5.91 Å². The molecule has 1 aliphatic heterocycles. The van der Waals surface area contributed by atoms with Gasteiger partial charge in [-0.3, -0.25) is 9.10 Å². The summed E-state index contributed by atoms with van der Waals surface area (Å²) >= 11 is 0. The van der Waals surface area contributed by atoms with Crippen LogP contribution in [0.5, 0.6) is 0 Å². The van der Waals surface area contributed by atoms with Gasteiger partial charge in [0.25, 0.3) is 5.91 Å². The van der Waals surface area contributed by atoms with E-state index in [0.717, 1.165) is 19.5 Å². The average Bonchev–Trinajstić information content (AvgIpc) is 2.56. The van der Waals surface area contributed by atoms with Crippen LogP contribution in [0.3, 0.4) is 0 Å². The molecule has 1 N–H and O–H groups in total. The first kappa shape index (κ1) is 19.7. The van der Waals surface area contributed by atoms with Crippen molar-refractivity contribution in [3.8, 4) is 0 Å². The predicted molar refractivity (Wildman–Crippen MR) is 101 cm³/mol. The Morgan fingerprint density at radius 3 is 2.36 bits per heavy atom. The number of hydrogen-bond donors (Lipinski definition) is 1. The first-order chi connectivity index (χ1) is 11.8. The molecule has 25 heavy (non-hydrogen) atoms. The lowest BCUT2D eigenvalue weighted by molar-refractivity contribution is 0.0949. The average molecular weight is 368 g/mol. The van der Waals surface area contributed by atoms with Crippen LogP contribution in [0, 0.1) is 5.92 Å². The molecule has 2 rings (SSSR count). The summed E-state index contributed by atoms with van der Waals surface area (Å²) in [6.07, 6.45) is 4.58. The van der Waals surface area contributed by atoms with Crippen LogP contribution in [0.25, 0.3) is 0 Å². The van der Waals surface area contributed by atoms with Gasteiger partial charge in [-0.05, 0) is 76.5 Å². The molecule has 7 heteroatoms. The molecule has 1 aromatic rings. The van der Waals surface area contributed by atoms with Crippen molar-refractivity contribution in [2.45, 2.75) is 26.2 Å². The van der Waals surface area contributed by atoms with E-state index in [1.54, 1.807) is 31.2 Å². The Morgan fingerprint density at radius 2 is 1.84 bits per heavy atom. The summed E-state index contributed by atoms with van der Waals surface area (Å²) < 4.78 is 24.8. The molecule has 1 saturated heterocycles. The molecule has 0 spiro atoms. The van der Waals surface area contributed by atoms with Crippen LogP contribution in [0.15, 0.2) is 24.3 Å². The van der Waals surface area contributed by atoms with E-state index in [0.29, 0.717) is 30.3 Å². The molecule has 1 aliphatic rings. The van der Waals surface area contributed by atoms with Crippen molar-refractivity contribution in [3.05, 3.63) is 29.8 Å². The molecule has 140 valence electrons. The maximum atomic E-state index is 12.2. The number of benzene rings is 1. The number of hydrogen-bond acceptors (Lipinski definition) is 4. The number of anilines is 1. The second-order valence-corrected chi connectivity index (χ2v) is 8.67. The van der Waals surface area contributed by atoms with Crippen molar-refractivity contribution >= 4 is 21.6 Å². The van der Waals surface area contributed by atoms with Gasteiger partial charge in [-0.25, -0.2) is 8.42 Å². The molecular formula is C18H29N3O3S. The van der Waals surface area contributed by atoms with Gasteiger partial charge < -0.3 is 10.2 Å². The van der Waals surface area contributed by atoms with Gasteiger partial charge >= 0.3 is 0 Å². The van der Waals surface area contributed by atoms with Gasteiger partial charge in [0.05, 0.1) is 11.9 Å². The van der Waals surface area contributed by atoms with Crippen molar-refractivity contribution in [2.75, 3.05) is 43.8 Å². The molecule has 1 fully saturated rings. The second-order valence-electron chi connectivity index (χ2n) is 6.77. The number of carbonyl (C=O) groups is 1. The Kier molecular flexibility index (Phi) is 6.84. The van der Waals surface area contributed by atoms with Gasteiger partial charge in [0.1, 0.15) is 0 Å².